The number of pyridine rings is 1. The standard InChI is InChI=1S/C10H8ClN3O5S/c11-8-6(1-5(2-12-8)14(18)19)9(15)13-4-20-3-7(13)10(16)17/h1-2,7H,3-4H2,(H,16,17)/t7-/m0/s1. The Bertz CT molecular complexity index is 596. The molecule has 0 saturated carbocycles. The number of carboxylic acids is 1. The van der Waals surface area contributed by atoms with Gasteiger partial charge in [-0.3, -0.25) is 14.9 Å². The Hall–Kier alpha value is -1.87. The summed E-state index contributed by atoms with van der Waals surface area (Å²) in [6, 6.07) is 0.0300. The molecule has 0 aromatic carbocycles. The molecule has 0 unspecified atom stereocenters. The summed E-state index contributed by atoms with van der Waals surface area (Å²) in [5.74, 6) is -1.35. The van der Waals surface area contributed by atoms with E-state index < -0.39 is 22.8 Å². The molecule has 1 aliphatic rings. The lowest BCUT2D eigenvalue weighted by atomic mass is 10.2. The molecule has 1 aromatic heterocycles. The van der Waals surface area contributed by atoms with Gasteiger partial charge < -0.3 is 10.0 Å². The SMILES string of the molecule is O=C(O)[C@@H]1CSCN1C(=O)c1cc([N+](=O)[O-])cnc1Cl. The first-order valence-electron chi connectivity index (χ1n) is 5.33. The minimum atomic E-state index is -1.13. The Kier molecular flexibility index (Phi) is 4.09. The monoisotopic (exact) mass is 317 g/mol. The fourth-order valence-electron chi connectivity index (χ4n) is 1.69. The third-order valence-corrected chi connectivity index (χ3v) is 4.01. The first kappa shape index (κ1) is 14.5. The average molecular weight is 318 g/mol. The Labute approximate surface area is 121 Å². The summed E-state index contributed by atoms with van der Waals surface area (Å²) in [6.45, 7) is 0. The van der Waals surface area contributed by atoms with Gasteiger partial charge in [0.2, 0.25) is 0 Å². The fraction of sp³-hybridized carbons (Fsp3) is 0.300. The Morgan fingerprint density at radius 1 is 1.60 bits per heavy atom. The van der Waals surface area contributed by atoms with Crippen molar-refractivity contribution in [3.05, 3.63) is 33.1 Å². The van der Waals surface area contributed by atoms with E-state index in [1.165, 1.54) is 11.8 Å². The van der Waals surface area contributed by atoms with Crippen molar-refractivity contribution in [1.29, 1.82) is 0 Å². The van der Waals surface area contributed by atoms with Gasteiger partial charge in [-0.1, -0.05) is 11.6 Å². The summed E-state index contributed by atoms with van der Waals surface area (Å²) in [6.07, 6.45) is 0.937. The Morgan fingerprint density at radius 3 is 2.90 bits per heavy atom. The second-order valence-electron chi connectivity index (χ2n) is 3.92. The molecule has 8 nitrogen and oxygen atoms in total. The first-order valence-corrected chi connectivity index (χ1v) is 6.86. The Morgan fingerprint density at radius 2 is 2.30 bits per heavy atom. The molecule has 20 heavy (non-hydrogen) atoms. The quantitative estimate of drug-likeness (QED) is 0.507. The van der Waals surface area contributed by atoms with Crippen LogP contribution in [0.25, 0.3) is 0 Å². The second-order valence-corrected chi connectivity index (χ2v) is 5.28. The van der Waals surface area contributed by atoms with Crippen LogP contribution >= 0.6 is 23.4 Å². The van der Waals surface area contributed by atoms with E-state index in [0.29, 0.717) is 0 Å². The number of aliphatic carboxylic acids is 1. The fourth-order valence-corrected chi connectivity index (χ4v) is 3.02. The molecule has 1 N–H and O–H groups in total. The van der Waals surface area contributed by atoms with Crippen LogP contribution in [0.5, 0.6) is 0 Å². The van der Waals surface area contributed by atoms with Crippen molar-refractivity contribution in [2.24, 2.45) is 0 Å². The molecule has 2 heterocycles. The van der Waals surface area contributed by atoms with Crippen LogP contribution in [0.4, 0.5) is 5.69 Å². The molecule has 10 heteroatoms. The molecule has 0 radical (unpaired) electrons. The van der Waals surface area contributed by atoms with Crippen LogP contribution in [-0.2, 0) is 4.79 Å². The maximum atomic E-state index is 12.3. The van der Waals surface area contributed by atoms with Crippen molar-refractivity contribution in [2.75, 3.05) is 11.6 Å². The lowest BCUT2D eigenvalue weighted by Crippen LogP contribution is -2.41. The van der Waals surface area contributed by atoms with E-state index in [0.717, 1.165) is 17.2 Å². The molecule has 0 spiro atoms. The van der Waals surface area contributed by atoms with Crippen LogP contribution in [-0.4, -0.2) is 49.5 Å². The van der Waals surface area contributed by atoms with Gasteiger partial charge in [0.1, 0.15) is 17.4 Å². The maximum Gasteiger partial charge on any atom is 0.327 e. The summed E-state index contributed by atoms with van der Waals surface area (Å²) in [7, 11) is 0. The largest absolute Gasteiger partial charge is 0.480 e. The van der Waals surface area contributed by atoms with E-state index in [4.69, 9.17) is 16.7 Å². The van der Waals surface area contributed by atoms with Gasteiger partial charge >= 0.3 is 5.97 Å². The number of rotatable bonds is 3. The number of halogens is 1. The highest BCUT2D eigenvalue weighted by molar-refractivity contribution is 7.99. The van der Waals surface area contributed by atoms with Gasteiger partial charge in [-0.15, -0.1) is 11.8 Å². The van der Waals surface area contributed by atoms with E-state index in [2.05, 4.69) is 4.98 Å². The van der Waals surface area contributed by atoms with Gasteiger partial charge in [0, 0.05) is 11.8 Å². The van der Waals surface area contributed by atoms with Crippen molar-refractivity contribution < 1.29 is 19.6 Å². The number of nitro groups is 1. The molecule has 1 saturated heterocycles. The van der Waals surface area contributed by atoms with Crippen LogP contribution < -0.4 is 0 Å². The third kappa shape index (κ3) is 2.68. The van der Waals surface area contributed by atoms with E-state index in [-0.39, 0.29) is 28.0 Å². The van der Waals surface area contributed by atoms with Crippen LogP contribution in [0.1, 0.15) is 10.4 Å². The third-order valence-electron chi connectivity index (χ3n) is 2.69. The zero-order valence-electron chi connectivity index (χ0n) is 9.85. The molecular formula is C10H8ClN3O5S. The van der Waals surface area contributed by atoms with Gasteiger partial charge in [0.05, 0.1) is 16.4 Å². The summed E-state index contributed by atoms with van der Waals surface area (Å²) in [5, 5.41) is 19.5. The molecule has 2 rings (SSSR count). The zero-order chi connectivity index (χ0) is 14.9. The van der Waals surface area contributed by atoms with Gasteiger partial charge in [0.15, 0.2) is 0 Å². The smallest absolute Gasteiger partial charge is 0.327 e. The molecule has 0 bridgehead atoms. The minimum absolute atomic E-state index is 0.172. The molecule has 1 amide bonds. The van der Waals surface area contributed by atoms with E-state index in [1.54, 1.807) is 0 Å². The lowest BCUT2D eigenvalue weighted by Gasteiger charge is -2.20. The number of carboxylic acid groups (broad SMARTS) is 1. The number of aromatic nitrogens is 1. The number of carbonyl (C=O) groups excluding carboxylic acids is 1. The van der Waals surface area contributed by atoms with Crippen molar-refractivity contribution >= 4 is 40.9 Å². The van der Waals surface area contributed by atoms with Crippen molar-refractivity contribution in [2.45, 2.75) is 6.04 Å². The average Bonchev–Trinajstić information content (AvgIpc) is 2.87. The van der Waals surface area contributed by atoms with Crippen molar-refractivity contribution in [3.63, 3.8) is 0 Å². The summed E-state index contributed by atoms with van der Waals surface area (Å²) in [4.78, 5) is 38.0. The van der Waals surface area contributed by atoms with Gasteiger partial charge in [-0.25, -0.2) is 9.78 Å². The lowest BCUT2D eigenvalue weighted by molar-refractivity contribution is -0.385. The number of nitrogens with zero attached hydrogens (tertiary/aromatic N) is 3. The number of hydrogen-bond acceptors (Lipinski definition) is 6. The summed E-state index contributed by atoms with van der Waals surface area (Å²) >= 11 is 7.05. The van der Waals surface area contributed by atoms with Gasteiger partial charge in [-0.2, -0.15) is 0 Å². The summed E-state index contributed by atoms with van der Waals surface area (Å²) < 4.78 is 0. The van der Waals surface area contributed by atoms with Gasteiger partial charge in [-0.05, 0) is 0 Å². The minimum Gasteiger partial charge on any atom is -0.480 e. The van der Waals surface area contributed by atoms with Crippen LogP contribution in [0.15, 0.2) is 12.3 Å². The molecule has 1 aromatic rings. The van der Waals surface area contributed by atoms with Crippen molar-refractivity contribution in [3.8, 4) is 0 Å². The number of amides is 1. The molecular weight excluding hydrogens is 310 g/mol. The molecule has 106 valence electrons. The summed E-state index contributed by atoms with van der Waals surface area (Å²) in [5.41, 5.74) is -0.550. The van der Waals surface area contributed by atoms with E-state index in [1.807, 2.05) is 0 Å². The topological polar surface area (TPSA) is 114 Å². The number of hydrogen-bond donors (Lipinski definition) is 1. The molecule has 0 aliphatic carbocycles. The zero-order valence-corrected chi connectivity index (χ0v) is 11.4. The Balaban J connectivity index is 2.35. The first-order chi connectivity index (χ1) is 9.41. The highest BCUT2D eigenvalue weighted by Gasteiger charge is 2.36. The predicted octanol–water partition coefficient (Wildman–Crippen LogP) is 1.24. The number of carbonyl (C=O) groups is 2. The maximum absolute atomic E-state index is 12.3. The molecule has 1 aliphatic heterocycles. The predicted molar refractivity (Wildman–Crippen MR) is 70.8 cm³/mol. The van der Waals surface area contributed by atoms with Crippen molar-refractivity contribution in [1.82, 2.24) is 9.88 Å². The number of thioether (sulfide) groups is 1. The molecule has 1 fully saturated rings. The highest BCUT2D eigenvalue weighted by Crippen LogP contribution is 2.27. The molecule has 1 atom stereocenters. The van der Waals surface area contributed by atoms with Crippen LogP contribution in [0.3, 0.4) is 0 Å². The van der Waals surface area contributed by atoms with Crippen LogP contribution in [0, 0.1) is 10.1 Å². The van der Waals surface area contributed by atoms with Gasteiger partial charge in [0.25, 0.3) is 11.6 Å². The second kappa shape index (κ2) is 5.63. The van der Waals surface area contributed by atoms with Crippen LogP contribution in [0.2, 0.25) is 5.15 Å². The highest BCUT2D eigenvalue weighted by atomic mass is 35.5. The van der Waals surface area contributed by atoms with E-state index >= 15 is 0 Å². The normalized spacial score (nSPS) is 18.1. The van der Waals surface area contributed by atoms with E-state index in [9.17, 15) is 19.7 Å².